The van der Waals surface area contributed by atoms with E-state index in [0.29, 0.717) is 5.82 Å². The summed E-state index contributed by atoms with van der Waals surface area (Å²) in [5.74, 6) is -0.566. The quantitative estimate of drug-likeness (QED) is 0.787. The Bertz CT molecular complexity index is 547. The molecule has 17 heavy (non-hydrogen) atoms. The minimum Gasteiger partial charge on any atom is -0.294 e. The van der Waals surface area contributed by atoms with Gasteiger partial charge in [0.2, 0.25) is 0 Å². The highest BCUT2D eigenvalue weighted by Crippen LogP contribution is 2.20. The lowest BCUT2D eigenvalue weighted by atomic mass is 10.1. The van der Waals surface area contributed by atoms with Gasteiger partial charge in [-0.2, -0.15) is 5.10 Å². The van der Waals surface area contributed by atoms with Gasteiger partial charge in [0.25, 0.3) is 0 Å². The molecule has 0 saturated heterocycles. The summed E-state index contributed by atoms with van der Waals surface area (Å²) in [5, 5.41) is 3.94. The van der Waals surface area contributed by atoms with E-state index in [1.807, 2.05) is 0 Å². The Morgan fingerprint density at radius 2 is 2.29 bits per heavy atom. The first-order chi connectivity index (χ1) is 8.09. The average Bonchev–Trinajstić information content (AvgIpc) is 2.64. The molecule has 88 valence electrons. The molecule has 0 atom stereocenters. The van der Waals surface area contributed by atoms with Crippen LogP contribution in [0.3, 0.4) is 0 Å². The molecule has 4 nitrogen and oxygen atoms in total. The van der Waals surface area contributed by atoms with Gasteiger partial charge in [0.15, 0.2) is 5.78 Å². The number of ketones is 1. The molecule has 2 aromatic rings. The Balaban J connectivity index is 2.30. The largest absolute Gasteiger partial charge is 0.294 e. The number of nitrogens with zero attached hydrogens (tertiary/aromatic N) is 3. The molecule has 0 radical (unpaired) electrons. The lowest BCUT2D eigenvalue weighted by molar-refractivity contribution is 0.0986. The third-order valence-corrected chi connectivity index (χ3v) is 2.68. The zero-order chi connectivity index (χ0) is 12.4. The molecule has 0 aliphatic heterocycles. The predicted octanol–water partition coefficient (Wildman–Crippen LogP) is 2.03. The standard InChI is InChI=1S/C11H9ClFN3O/c1-16-10(14-6-15-16)5-9(17)11-7(12)3-2-4-8(11)13/h2-4,6H,5H2,1H3. The highest BCUT2D eigenvalue weighted by Gasteiger charge is 2.17. The number of Topliss-reactive ketones (excluding diaryl/α,β-unsaturated/α-hetero) is 1. The second-order valence-corrected chi connectivity index (χ2v) is 3.90. The van der Waals surface area contributed by atoms with Crippen LogP contribution in [0.25, 0.3) is 0 Å². The molecular formula is C11H9ClFN3O. The maximum absolute atomic E-state index is 13.5. The first kappa shape index (κ1) is 11.7. The maximum atomic E-state index is 13.5. The number of hydrogen-bond acceptors (Lipinski definition) is 3. The molecule has 0 fully saturated rings. The Morgan fingerprint density at radius 1 is 1.53 bits per heavy atom. The topological polar surface area (TPSA) is 47.8 Å². The highest BCUT2D eigenvalue weighted by atomic mass is 35.5. The molecule has 0 unspecified atom stereocenters. The van der Waals surface area contributed by atoms with Crippen LogP contribution < -0.4 is 0 Å². The van der Waals surface area contributed by atoms with Crippen molar-refractivity contribution in [2.24, 2.45) is 7.05 Å². The second-order valence-electron chi connectivity index (χ2n) is 3.50. The Labute approximate surface area is 102 Å². The maximum Gasteiger partial charge on any atom is 0.174 e. The van der Waals surface area contributed by atoms with Gasteiger partial charge in [-0.3, -0.25) is 9.48 Å². The first-order valence-electron chi connectivity index (χ1n) is 4.89. The fourth-order valence-electron chi connectivity index (χ4n) is 1.48. The summed E-state index contributed by atoms with van der Waals surface area (Å²) in [6.07, 6.45) is 1.31. The summed E-state index contributed by atoms with van der Waals surface area (Å²) in [6.45, 7) is 0. The van der Waals surface area contributed by atoms with Crippen LogP contribution in [0.5, 0.6) is 0 Å². The van der Waals surface area contributed by atoms with Crippen molar-refractivity contribution in [2.45, 2.75) is 6.42 Å². The van der Waals surface area contributed by atoms with Crippen molar-refractivity contribution >= 4 is 17.4 Å². The SMILES string of the molecule is Cn1ncnc1CC(=O)c1c(F)cccc1Cl. The Morgan fingerprint density at radius 3 is 2.88 bits per heavy atom. The van der Waals surface area contributed by atoms with Crippen molar-refractivity contribution in [1.29, 1.82) is 0 Å². The third-order valence-electron chi connectivity index (χ3n) is 2.37. The first-order valence-corrected chi connectivity index (χ1v) is 5.27. The van der Waals surface area contributed by atoms with Crippen LogP contribution >= 0.6 is 11.6 Å². The van der Waals surface area contributed by atoms with Crippen LogP contribution in [-0.2, 0) is 13.5 Å². The number of rotatable bonds is 3. The molecule has 0 aliphatic rings. The van der Waals surface area contributed by atoms with E-state index >= 15 is 0 Å². The third kappa shape index (κ3) is 2.34. The van der Waals surface area contributed by atoms with Crippen LogP contribution in [0.4, 0.5) is 4.39 Å². The average molecular weight is 254 g/mol. The molecule has 0 spiro atoms. The van der Waals surface area contributed by atoms with Gasteiger partial charge in [0, 0.05) is 7.05 Å². The summed E-state index contributed by atoms with van der Waals surface area (Å²) in [4.78, 5) is 15.8. The number of halogens is 2. The van der Waals surface area contributed by atoms with Crippen molar-refractivity contribution in [2.75, 3.05) is 0 Å². The van der Waals surface area contributed by atoms with E-state index in [4.69, 9.17) is 11.6 Å². The zero-order valence-electron chi connectivity index (χ0n) is 9.02. The fraction of sp³-hybridized carbons (Fsp3) is 0.182. The van der Waals surface area contributed by atoms with E-state index in [0.717, 1.165) is 0 Å². The Kier molecular flexibility index (Phi) is 3.19. The minimum absolute atomic E-state index is 0.0306. The molecule has 1 heterocycles. The monoisotopic (exact) mass is 253 g/mol. The van der Waals surface area contributed by atoms with Gasteiger partial charge in [-0.05, 0) is 12.1 Å². The predicted molar refractivity (Wildman–Crippen MR) is 60.4 cm³/mol. The molecule has 1 aromatic carbocycles. The summed E-state index contributed by atoms with van der Waals surface area (Å²) in [5.41, 5.74) is -0.0998. The van der Waals surface area contributed by atoms with Crippen LogP contribution in [0.1, 0.15) is 16.2 Å². The number of aromatic nitrogens is 3. The van der Waals surface area contributed by atoms with Gasteiger partial charge in [-0.25, -0.2) is 9.37 Å². The number of carbonyl (C=O) groups excluding carboxylic acids is 1. The number of carbonyl (C=O) groups is 1. The highest BCUT2D eigenvalue weighted by molar-refractivity contribution is 6.34. The van der Waals surface area contributed by atoms with Gasteiger partial charge in [0.05, 0.1) is 17.0 Å². The van der Waals surface area contributed by atoms with E-state index in [1.165, 1.54) is 29.2 Å². The van der Waals surface area contributed by atoms with Gasteiger partial charge >= 0.3 is 0 Å². The molecule has 0 saturated carbocycles. The molecular weight excluding hydrogens is 245 g/mol. The van der Waals surface area contributed by atoms with Crippen molar-refractivity contribution in [3.05, 3.63) is 46.8 Å². The molecule has 2 rings (SSSR count). The lowest BCUT2D eigenvalue weighted by Crippen LogP contribution is -2.11. The van der Waals surface area contributed by atoms with Gasteiger partial charge in [-0.1, -0.05) is 17.7 Å². The van der Waals surface area contributed by atoms with E-state index in [2.05, 4.69) is 10.1 Å². The van der Waals surface area contributed by atoms with Crippen LogP contribution in [-0.4, -0.2) is 20.5 Å². The van der Waals surface area contributed by atoms with Crippen molar-refractivity contribution in [3.8, 4) is 0 Å². The lowest BCUT2D eigenvalue weighted by Gasteiger charge is -2.04. The van der Waals surface area contributed by atoms with Crippen molar-refractivity contribution in [1.82, 2.24) is 14.8 Å². The van der Waals surface area contributed by atoms with Gasteiger partial charge in [-0.15, -0.1) is 0 Å². The van der Waals surface area contributed by atoms with E-state index < -0.39 is 11.6 Å². The van der Waals surface area contributed by atoms with Crippen LogP contribution in [0.2, 0.25) is 5.02 Å². The van der Waals surface area contributed by atoms with Crippen molar-refractivity contribution < 1.29 is 9.18 Å². The summed E-state index contributed by atoms with van der Waals surface area (Å²) >= 11 is 5.80. The zero-order valence-corrected chi connectivity index (χ0v) is 9.78. The summed E-state index contributed by atoms with van der Waals surface area (Å²) in [7, 11) is 1.67. The van der Waals surface area contributed by atoms with E-state index in [1.54, 1.807) is 7.05 Å². The van der Waals surface area contributed by atoms with E-state index in [-0.39, 0.29) is 17.0 Å². The van der Waals surface area contributed by atoms with Gasteiger partial charge in [0.1, 0.15) is 18.0 Å². The normalized spacial score (nSPS) is 10.5. The summed E-state index contributed by atoms with van der Waals surface area (Å²) in [6, 6.07) is 4.14. The number of benzene rings is 1. The second kappa shape index (κ2) is 4.63. The Hall–Kier alpha value is -1.75. The number of hydrogen-bond donors (Lipinski definition) is 0. The van der Waals surface area contributed by atoms with Gasteiger partial charge < -0.3 is 0 Å². The molecule has 1 aromatic heterocycles. The molecule has 0 bridgehead atoms. The van der Waals surface area contributed by atoms with Crippen LogP contribution in [0, 0.1) is 5.82 Å². The summed E-state index contributed by atoms with van der Waals surface area (Å²) < 4.78 is 14.9. The van der Waals surface area contributed by atoms with Crippen molar-refractivity contribution in [3.63, 3.8) is 0 Å². The van der Waals surface area contributed by atoms with Crippen LogP contribution in [0.15, 0.2) is 24.5 Å². The molecule has 0 amide bonds. The molecule has 0 N–H and O–H groups in total. The fourth-order valence-corrected chi connectivity index (χ4v) is 1.74. The molecule has 0 aliphatic carbocycles. The smallest absolute Gasteiger partial charge is 0.174 e. The molecule has 6 heteroatoms. The van der Waals surface area contributed by atoms with E-state index in [9.17, 15) is 9.18 Å². The number of aryl methyl sites for hydroxylation is 1. The minimum atomic E-state index is -0.621.